The second kappa shape index (κ2) is 6.64. The van der Waals surface area contributed by atoms with Crippen LogP contribution in [0.15, 0.2) is 12.1 Å². The van der Waals surface area contributed by atoms with Crippen molar-refractivity contribution in [3.8, 4) is 11.5 Å². The van der Waals surface area contributed by atoms with Gasteiger partial charge in [-0.05, 0) is 25.7 Å². The summed E-state index contributed by atoms with van der Waals surface area (Å²) in [7, 11) is 0. The van der Waals surface area contributed by atoms with Gasteiger partial charge in [0.15, 0.2) is 11.6 Å². The molecule has 4 heteroatoms. The van der Waals surface area contributed by atoms with E-state index in [-0.39, 0.29) is 5.75 Å². The number of anilines is 1. The molecule has 1 aromatic rings. The fourth-order valence-corrected chi connectivity index (χ4v) is 2.50. The Hall–Kier alpha value is -1.45. The Kier molecular flexibility index (Phi) is 4.88. The lowest BCUT2D eigenvalue weighted by Crippen LogP contribution is -2.15. The van der Waals surface area contributed by atoms with Crippen LogP contribution >= 0.6 is 0 Å². The third-order valence-corrected chi connectivity index (χ3v) is 3.56. The maximum Gasteiger partial charge on any atom is 0.167 e. The summed E-state index contributed by atoms with van der Waals surface area (Å²) in [6.45, 7) is 2.89. The minimum Gasteiger partial charge on any atom is -0.491 e. The highest BCUT2D eigenvalue weighted by Crippen LogP contribution is 2.31. The van der Waals surface area contributed by atoms with Gasteiger partial charge in [0.2, 0.25) is 0 Å². The molecular formula is C15H22FNO2. The molecule has 0 unspecified atom stereocenters. The molecule has 106 valence electrons. The van der Waals surface area contributed by atoms with Gasteiger partial charge in [0, 0.05) is 12.1 Å². The maximum atomic E-state index is 13.6. The van der Waals surface area contributed by atoms with Crippen molar-refractivity contribution in [1.82, 2.24) is 0 Å². The van der Waals surface area contributed by atoms with Crippen LogP contribution in [0, 0.1) is 11.7 Å². The summed E-state index contributed by atoms with van der Waals surface area (Å²) >= 11 is 0. The fraction of sp³-hybridized carbons (Fsp3) is 0.600. The second-order valence-corrected chi connectivity index (χ2v) is 5.07. The van der Waals surface area contributed by atoms with Crippen LogP contribution in [-0.4, -0.2) is 13.2 Å². The van der Waals surface area contributed by atoms with E-state index in [1.165, 1.54) is 38.2 Å². The molecule has 0 atom stereocenters. The number of hydrogen-bond acceptors (Lipinski definition) is 3. The summed E-state index contributed by atoms with van der Waals surface area (Å²) < 4.78 is 24.5. The molecule has 0 heterocycles. The molecule has 0 spiro atoms. The first-order valence-corrected chi connectivity index (χ1v) is 7.05. The van der Waals surface area contributed by atoms with Gasteiger partial charge in [-0.1, -0.05) is 19.3 Å². The van der Waals surface area contributed by atoms with Crippen molar-refractivity contribution in [1.29, 1.82) is 0 Å². The zero-order valence-corrected chi connectivity index (χ0v) is 11.5. The van der Waals surface area contributed by atoms with Crippen molar-refractivity contribution in [2.45, 2.75) is 39.0 Å². The van der Waals surface area contributed by atoms with Gasteiger partial charge < -0.3 is 15.2 Å². The predicted molar refractivity (Wildman–Crippen MR) is 74.1 cm³/mol. The summed E-state index contributed by atoms with van der Waals surface area (Å²) in [5.41, 5.74) is 6.11. The van der Waals surface area contributed by atoms with Gasteiger partial charge in [-0.3, -0.25) is 0 Å². The Labute approximate surface area is 113 Å². The summed E-state index contributed by atoms with van der Waals surface area (Å²) in [6.07, 6.45) is 6.29. The van der Waals surface area contributed by atoms with Crippen molar-refractivity contribution in [3.05, 3.63) is 17.9 Å². The number of ether oxygens (including phenoxy) is 2. The fourth-order valence-electron chi connectivity index (χ4n) is 2.50. The van der Waals surface area contributed by atoms with Crippen LogP contribution in [0.2, 0.25) is 0 Å². The molecule has 1 aliphatic rings. The highest BCUT2D eigenvalue weighted by Gasteiger charge is 2.16. The third kappa shape index (κ3) is 3.75. The van der Waals surface area contributed by atoms with E-state index in [0.29, 0.717) is 30.6 Å². The number of halogens is 1. The van der Waals surface area contributed by atoms with Gasteiger partial charge in [-0.25, -0.2) is 4.39 Å². The zero-order valence-electron chi connectivity index (χ0n) is 11.5. The molecule has 0 bridgehead atoms. The molecule has 0 aliphatic heterocycles. The number of nitrogen functional groups attached to an aromatic ring is 1. The van der Waals surface area contributed by atoms with Crippen LogP contribution in [0.3, 0.4) is 0 Å². The van der Waals surface area contributed by atoms with Crippen LogP contribution in [0.5, 0.6) is 11.5 Å². The van der Waals surface area contributed by atoms with Gasteiger partial charge in [-0.2, -0.15) is 0 Å². The van der Waals surface area contributed by atoms with E-state index >= 15 is 0 Å². The smallest absolute Gasteiger partial charge is 0.167 e. The molecule has 19 heavy (non-hydrogen) atoms. The van der Waals surface area contributed by atoms with Crippen LogP contribution < -0.4 is 15.2 Å². The van der Waals surface area contributed by atoms with Gasteiger partial charge in [0.25, 0.3) is 0 Å². The van der Waals surface area contributed by atoms with Gasteiger partial charge >= 0.3 is 0 Å². The Morgan fingerprint density at radius 2 is 1.89 bits per heavy atom. The van der Waals surface area contributed by atoms with Crippen molar-refractivity contribution < 1.29 is 13.9 Å². The van der Waals surface area contributed by atoms with E-state index < -0.39 is 5.82 Å². The number of benzene rings is 1. The summed E-state index contributed by atoms with van der Waals surface area (Å²) in [4.78, 5) is 0. The average Bonchev–Trinajstić information content (AvgIpc) is 2.42. The average molecular weight is 267 g/mol. The Morgan fingerprint density at radius 1 is 1.16 bits per heavy atom. The molecule has 3 nitrogen and oxygen atoms in total. The van der Waals surface area contributed by atoms with E-state index in [1.807, 2.05) is 6.92 Å². The highest BCUT2D eigenvalue weighted by atomic mass is 19.1. The minimum atomic E-state index is -0.440. The molecule has 1 fully saturated rings. The van der Waals surface area contributed by atoms with Crippen molar-refractivity contribution in [2.75, 3.05) is 18.9 Å². The molecular weight excluding hydrogens is 245 g/mol. The lowest BCUT2D eigenvalue weighted by Gasteiger charge is -2.22. The maximum absolute atomic E-state index is 13.6. The first-order valence-electron chi connectivity index (χ1n) is 7.05. The van der Waals surface area contributed by atoms with Crippen LogP contribution in [0.25, 0.3) is 0 Å². The Balaban J connectivity index is 2.00. The van der Waals surface area contributed by atoms with E-state index in [4.69, 9.17) is 15.2 Å². The first kappa shape index (κ1) is 14.0. The number of hydrogen-bond donors (Lipinski definition) is 1. The lowest BCUT2D eigenvalue weighted by atomic mass is 9.90. The third-order valence-electron chi connectivity index (χ3n) is 3.56. The van der Waals surface area contributed by atoms with Crippen LogP contribution in [0.1, 0.15) is 39.0 Å². The topological polar surface area (TPSA) is 44.5 Å². The zero-order chi connectivity index (χ0) is 13.7. The summed E-state index contributed by atoms with van der Waals surface area (Å²) in [5.74, 6) is 0.879. The Bertz CT molecular complexity index is 417. The van der Waals surface area contributed by atoms with Crippen LogP contribution in [0.4, 0.5) is 10.1 Å². The molecule has 1 aromatic carbocycles. The van der Waals surface area contributed by atoms with Crippen molar-refractivity contribution in [3.63, 3.8) is 0 Å². The molecule has 1 aliphatic carbocycles. The van der Waals surface area contributed by atoms with Crippen molar-refractivity contribution >= 4 is 5.69 Å². The lowest BCUT2D eigenvalue weighted by molar-refractivity contribution is 0.208. The standard InChI is InChI=1S/C15H22FNO2/c1-2-18-14-9-15(13(17)8-12(14)16)19-10-11-6-4-3-5-7-11/h8-9,11H,2-7,10,17H2,1H3. The first-order chi connectivity index (χ1) is 9.20. The highest BCUT2D eigenvalue weighted by molar-refractivity contribution is 5.56. The Morgan fingerprint density at radius 3 is 2.58 bits per heavy atom. The van der Waals surface area contributed by atoms with Gasteiger partial charge in [-0.15, -0.1) is 0 Å². The molecule has 0 radical (unpaired) electrons. The largest absolute Gasteiger partial charge is 0.491 e. The molecule has 1 saturated carbocycles. The van der Waals surface area contributed by atoms with Crippen molar-refractivity contribution in [2.24, 2.45) is 5.92 Å². The molecule has 0 saturated heterocycles. The summed E-state index contributed by atoms with van der Waals surface area (Å²) in [5, 5.41) is 0. The monoisotopic (exact) mass is 267 g/mol. The second-order valence-electron chi connectivity index (χ2n) is 5.07. The SMILES string of the molecule is CCOc1cc(OCC2CCCCC2)c(N)cc1F. The molecule has 0 amide bonds. The molecule has 2 rings (SSSR count). The number of nitrogens with two attached hydrogens (primary N) is 1. The predicted octanol–water partition coefficient (Wildman–Crippen LogP) is 3.77. The van der Waals surface area contributed by atoms with Gasteiger partial charge in [0.05, 0.1) is 18.9 Å². The van der Waals surface area contributed by atoms with Crippen LogP contribution in [-0.2, 0) is 0 Å². The van der Waals surface area contributed by atoms with E-state index in [1.54, 1.807) is 6.07 Å². The minimum absolute atomic E-state index is 0.204. The van der Waals surface area contributed by atoms with E-state index in [9.17, 15) is 4.39 Å². The normalized spacial score (nSPS) is 16.3. The quantitative estimate of drug-likeness (QED) is 0.826. The summed E-state index contributed by atoms with van der Waals surface area (Å²) in [6, 6.07) is 2.82. The number of rotatable bonds is 5. The van der Waals surface area contributed by atoms with E-state index in [0.717, 1.165) is 0 Å². The van der Waals surface area contributed by atoms with Gasteiger partial charge in [0.1, 0.15) is 5.75 Å². The van der Waals surface area contributed by atoms with E-state index in [2.05, 4.69) is 0 Å². The molecule has 2 N–H and O–H groups in total. The molecule has 0 aromatic heterocycles.